The topological polar surface area (TPSA) is 56.8 Å². The molecule has 0 amide bonds. The molecular formula is C15H15ClN2O2. The largest absolute Gasteiger partial charge is 0.497 e. The van der Waals surface area contributed by atoms with Crippen LogP contribution < -0.4 is 15.2 Å². The van der Waals surface area contributed by atoms with Crippen molar-refractivity contribution in [1.29, 1.82) is 0 Å². The summed E-state index contributed by atoms with van der Waals surface area (Å²) in [5.74, 6) is 2.76. The minimum absolute atomic E-state index is 0.210. The van der Waals surface area contributed by atoms with E-state index in [0.717, 1.165) is 11.4 Å². The zero-order chi connectivity index (χ0) is 14.4. The summed E-state index contributed by atoms with van der Waals surface area (Å²) in [6.45, 7) is 0. The molecule has 2 N–H and O–H groups in total. The monoisotopic (exact) mass is 290 g/mol. The lowest BCUT2D eigenvalue weighted by atomic mass is 10.3. The van der Waals surface area contributed by atoms with E-state index in [0.29, 0.717) is 17.3 Å². The Morgan fingerprint density at radius 2 is 1.80 bits per heavy atom. The fraction of sp³-hybridized carbons (Fsp3) is 0.133. The summed E-state index contributed by atoms with van der Waals surface area (Å²) in [4.78, 5) is 4.14. The van der Waals surface area contributed by atoms with E-state index < -0.39 is 0 Å². The lowest BCUT2D eigenvalue weighted by Crippen LogP contribution is -2.12. The van der Waals surface area contributed by atoms with Gasteiger partial charge in [-0.1, -0.05) is 6.07 Å². The van der Waals surface area contributed by atoms with Crippen LogP contribution >= 0.6 is 11.6 Å². The number of ether oxygens (including phenoxy) is 2. The maximum atomic E-state index is 5.72. The summed E-state index contributed by atoms with van der Waals surface area (Å²) in [5, 5.41) is 0. The van der Waals surface area contributed by atoms with Crippen LogP contribution in [-0.4, -0.2) is 18.8 Å². The van der Waals surface area contributed by atoms with Crippen molar-refractivity contribution >= 4 is 23.1 Å². The number of halogens is 1. The van der Waals surface area contributed by atoms with Crippen LogP contribution in [-0.2, 0) is 0 Å². The van der Waals surface area contributed by atoms with Crippen molar-refractivity contribution in [2.24, 2.45) is 10.7 Å². The molecule has 104 valence electrons. The molecule has 0 heterocycles. The number of hydrogen-bond donors (Lipinski definition) is 1. The average Bonchev–Trinajstić information content (AvgIpc) is 2.49. The van der Waals surface area contributed by atoms with Crippen LogP contribution in [0.4, 0.5) is 5.69 Å². The zero-order valence-corrected chi connectivity index (χ0v) is 11.8. The minimum Gasteiger partial charge on any atom is -0.497 e. The van der Waals surface area contributed by atoms with E-state index >= 15 is 0 Å². The molecule has 0 aliphatic heterocycles. The molecule has 2 rings (SSSR count). The number of amidine groups is 1. The Labute approximate surface area is 122 Å². The fourth-order valence-corrected chi connectivity index (χ4v) is 1.64. The fourth-order valence-electron chi connectivity index (χ4n) is 1.59. The number of methoxy groups -OCH3 is 1. The summed E-state index contributed by atoms with van der Waals surface area (Å²) in [5.41, 5.74) is 6.31. The summed E-state index contributed by atoms with van der Waals surface area (Å²) in [7, 11) is 1.62. The van der Waals surface area contributed by atoms with E-state index in [4.69, 9.17) is 26.8 Å². The van der Waals surface area contributed by atoms with Gasteiger partial charge in [-0.15, -0.1) is 11.6 Å². The number of alkyl halides is 1. The van der Waals surface area contributed by atoms with E-state index in [1.807, 2.05) is 48.5 Å². The Morgan fingerprint density at radius 1 is 1.10 bits per heavy atom. The minimum atomic E-state index is 0.210. The van der Waals surface area contributed by atoms with Crippen molar-refractivity contribution in [1.82, 2.24) is 0 Å². The highest BCUT2D eigenvalue weighted by Gasteiger charge is 2.00. The number of hydrogen-bond acceptors (Lipinski definition) is 3. The summed E-state index contributed by atoms with van der Waals surface area (Å²) >= 11 is 5.58. The number of benzene rings is 2. The van der Waals surface area contributed by atoms with Gasteiger partial charge in [0.15, 0.2) is 0 Å². The maximum Gasteiger partial charge on any atom is 0.131 e. The van der Waals surface area contributed by atoms with Gasteiger partial charge in [0.2, 0.25) is 0 Å². The van der Waals surface area contributed by atoms with Gasteiger partial charge in [0.1, 0.15) is 23.1 Å². The van der Waals surface area contributed by atoms with Gasteiger partial charge in [-0.2, -0.15) is 0 Å². The molecule has 0 aliphatic carbocycles. The predicted molar refractivity (Wildman–Crippen MR) is 81.5 cm³/mol. The molecule has 0 spiro atoms. The van der Waals surface area contributed by atoms with Gasteiger partial charge >= 0.3 is 0 Å². The van der Waals surface area contributed by atoms with Crippen LogP contribution in [0.5, 0.6) is 17.2 Å². The first-order valence-electron chi connectivity index (χ1n) is 6.02. The van der Waals surface area contributed by atoms with Gasteiger partial charge in [-0.05, 0) is 36.4 Å². The predicted octanol–water partition coefficient (Wildman–Crippen LogP) is 3.72. The molecule has 0 fully saturated rings. The highest BCUT2D eigenvalue weighted by molar-refractivity contribution is 6.28. The molecule has 0 unspecified atom stereocenters. The molecule has 0 aliphatic rings. The smallest absolute Gasteiger partial charge is 0.131 e. The summed E-state index contributed by atoms with van der Waals surface area (Å²) < 4.78 is 10.9. The van der Waals surface area contributed by atoms with Crippen LogP contribution in [0.1, 0.15) is 0 Å². The molecule has 0 radical (unpaired) electrons. The van der Waals surface area contributed by atoms with Crippen LogP contribution in [0.15, 0.2) is 53.5 Å². The van der Waals surface area contributed by atoms with Crippen molar-refractivity contribution in [2.75, 3.05) is 13.0 Å². The highest BCUT2D eigenvalue weighted by Crippen LogP contribution is 2.26. The third-order valence-electron chi connectivity index (χ3n) is 2.52. The first-order chi connectivity index (χ1) is 9.71. The van der Waals surface area contributed by atoms with Crippen molar-refractivity contribution in [3.63, 3.8) is 0 Å². The Bertz CT molecular complexity index is 597. The lowest BCUT2D eigenvalue weighted by molar-refractivity contribution is 0.409. The van der Waals surface area contributed by atoms with Crippen molar-refractivity contribution in [2.45, 2.75) is 0 Å². The molecule has 2 aromatic rings. The third kappa shape index (κ3) is 3.90. The van der Waals surface area contributed by atoms with Gasteiger partial charge in [-0.3, -0.25) is 0 Å². The van der Waals surface area contributed by atoms with Crippen LogP contribution in [0.2, 0.25) is 0 Å². The van der Waals surface area contributed by atoms with Crippen LogP contribution in [0.3, 0.4) is 0 Å². The zero-order valence-electron chi connectivity index (χ0n) is 11.0. The van der Waals surface area contributed by atoms with E-state index in [-0.39, 0.29) is 5.88 Å². The van der Waals surface area contributed by atoms with Crippen molar-refractivity contribution in [3.05, 3.63) is 48.5 Å². The van der Waals surface area contributed by atoms with Gasteiger partial charge in [0.25, 0.3) is 0 Å². The standard InChI is InChI=1S/C15H15ClN2O2/c1-19-13-3-2-4-14(9-13)20-12-7-5-11(6-8-12)18-15(17)10-16/h2-9H,10H2,1H3,(H2,17,18). The maximum absolute atomic E-state index is 5.72. The Balaban J connectivity index is 2.10. The first-order valence-corrected chi connectivity index (χ1v) is 6.55. The van der Waals surface area contributed by atoms with E-state index in [1.165, 1.54) is 0 Å². The Hall–Kier alpha value is -2.20. The number of rotatable bonds is 5. The lowest BCUT2D eigenvalue weighted by Gasteiger charge is -2.07. The quantitative estimate of drug-likeness (QED) is 0.519. The Kier molecular flexibility index (Phi) is 4.85. The molecule has 0 saturated heterocycles. The Morgan fingerprint density at radius 3 is 2.45 bits per heavy atom. The number of nitrogens with two attached hydrogens (primary N) is 1. The SMILES string of the molecule is COc1cccc(Oc2ccc(N=C(N)CCl)cc2)c1. The summed E-state index contributed by atoms with van der Waals surface area (Å²) in [6, 6.07) is 14.7. The van der Waals surface area contributed by atoms with Gasteiger partial charge in [-0.25, -0.2) is 4.99 Å². The second-order valence-corrected chi connectivity index (χ2v) is 4.28. The van der Waals surface area contributed by atoms with Gasteiger partial charge in [0, 0.05) is 6.07 Å². The van der Waals surface area contributed by atoms with Gasteiger partial charge < -0.3 is 15.2 Å². The third-order valence-corrected chi connectivity index (χ3v) is 2.80. The first kappa shape index (κ1) is 14.2. The van der Waals surface area contributed by atoms with Gasteiger partial charge in [0.05, 0.1) is 18.7 Å². The molecule has 0 saturated carbocycles. The molecule has 5 heteroatoms. The second kappa shape index (κ2) is 6.82. The molecule has 2 aromatic carbocycles. The van der Waals surface area contributed by atoms with Crippen molar-refractivity contribution in [3.8, 4) is 17.2 Å². The second-order valence-electron chi connectivity index (χ2n) is 4.01. The highest BCUT2D eigenvalue weighted by atomic mass is 35.5. The van der Waals surface area contributed by atoms with Crippen LogP contribution in [0.25, 0.3) is 0 Å². The molecule has 0 bridgehead atoms. The molecule has 20 heavy (non-hydrogen) atoms. The molecule has 4 nitrogen and oxygen atoms in total. The van der Waals surface area contributed by atoms with E-state index in [1.54, 1.807) is 7.11 Å². The molecule has 0 atom stereocenters. The van der Waals surface area contributed by atoms with E-state index in [2.05, 4.69) is 4.99 Å². The normalized spacial score (nSPS) is 11.2. The average molecular weight is 291 g/mol. The summed E-state index contributed by atoms with van der Waals surface area (Å²) in [6.07, 6.45) is 0. The van der Waals surface area contributed by atoms with Crippen LogP contribution in [0, 0.1) is 0 Å². The number of nitrogens with zero attached hydrogens (tertiary/aromatic N) is 1. The van der Waals surface area contributed by atoms with Crippen molar-refractivity contribution < 1.29 is 9.47 Å². The molecular weight excluding hydrogens is 276 g/mol. The molecule has 0 aromatic heterocycles. The number of aliphatic imine (C=N–C) groups is 1. The van der Waals surface area contributed by atoms with E-state index in [9.17, 15) is 0 Å².